The number of hydrogen-bond acceptors (Lipinski definition) is 2. The molecule has 0 saturated heterocycles. The van der Waals surface area contributed by atoms with Gasteiger partial charge in [-0.1, -0.05) is 17.7 Å². The number of rotatable bonds is 5. The summed E-state index contributed by atoms with van der Waals surface area (Å²) < 4.78 is 29.1. The standard InChI is InChI=1S/C15H20N2O2S/c1-12-4-5-15(13(2)10-12)20(18,19)16-8-6-14-7-9-17(3)11-14/h4-5,7,9-11,16H,6,8H2,1-3H3. The lowest BCUT2D eigenvalue weighted by atomic mass is 10.2. The average molecular weight is 292 g/mol. The zero-order valence-electron chi connectivity index (χ0n) is 12.1. The van der Waals surface area contributed by atoms with E-state index in [2.05, 4.69) is 4.72 Å². The van der Waals surface area contributed by atoms with Crippen molar-refractivity contribution in [1.82, 2.24) is 9.29 Å². The molecule has 0 aliphatic carbocycles. The van der Waals surface area contributed by atoms with Crippen LogP contribution in [0.25, 0.3) is 0 Å². The van der Waals surface area contributed by atoms with Gasteiger partial charge in [0.05, 0.1) is 4.90 Å². The van der Waals surface area contributed by atoms with Crippen LogP contribution >= 0.6 is 0 Å². The minimum Gasteiger partial charge on any atom is -0.357 e. The van der Waals surface area contributed by atoms with Gasteiger partial charge in [0.2, 0.25) is 10.0 Å². The number of nitrogens with one attached hydrogen (secondary N) is 1. The van der Waals surface area contributed by atoms with E-state index in [9.17, 15) is 8.42 Å². The summed E-state index contributed by atoms with van der Waals surface area (Å²) in [7, 11) is -1.48. The molecular weight excluding hydrogens is 272 g/mol. The Morgan fingerprint density at radius 2 is 1.95 bits per heavy atom. The molecule has 0 spiro atoms. The summed E-state index contributed by atoms with van der Waals surface area (Å²) >= 11 is 0. The predicted octanol–water partition coefficient (Wildman–Crippen LogP) is 2.16. The summed E-state index contributed by atoms with van der Waals surface area (Å²) in [6.45, 7) is 4.17. The average Bonchev–Trinajstić information content (AvgIpc) is 2.74. The molecule has 1 heterocycles. The van der Waals surface area contributed by atoms with Crippen LogP contribution in [0.4, 0.5) is 0 Å². The van der Waals surface area contributed by atoms with Gasteiger partial charge in [0, 0.05) is 26.0 Å². The molecule has 20 heavy (non-hydrogen) atoms. The van der Waals surface area contributed by atoms with E-state index >= 15 is 0 Å². The number of sulfonamides is 1. The molecule has 0 amide bonds. The highest BCUT2D eigenvalue weighted by Gasteiger charge is 2.15. The Kier molecular flexibility index (Phi) is 4.30. The Hall–Kier alpha value is -1.59. The summed E-state index contributed by atoms with van der Waals surface area (Å²) in [6.07, 6.45) is 4.63. The van der Waals surface area contributed by atoms with Gasteiger partial charge in [-0.25, -0.2) is 13.1 Å². The van der Waals surface area contributed by atoms with Crippen LogP contribution in [0.15, 0.2) is 41.6 Å². The van der Waals surface area contributed by atoms with Crippen LogP contribution < -0.4 is 4.72 Å². The second-order valence-corrected chi connectivity index (χ2v) is 6.84. The topological polar surface area (TPSA) is 51.1 Å². The molecule has 1 aromatic carbocycles. The second-order valence-electron chi connectivity index (χ2n) is 5.10. The zero-order valence-corrected chi connectivity index (χ0v) is 12.9. The van der Waals surface area contributed by atoms with Crippen molar-refractivity contribution in [3.63, 3.8) is 0 Å². The van der Waals surface area contributed by atoms with Gasteiger partial charge in [-0.2, -0.15) is 0 Å². The SMILES string of the molecule is Cc1ccc(S(=O)(=O)NCCc2ccn(C)c2)c(C)c1. The summed E-state index contributed by atoms with van der Waals surface area (Å²) in [5.41, 5.74) is 2.96. The number of aromatic nitrogens is 1. The van der Waals surface area contributed by atoms with Crippen molar-refractivity contribution in [1.29, 1.82) is 0 Å². The first-order valence-corrected chi connectivity index (χ1v) is 8.04. The third-order valence-corrected chi connectivity index (χ3v) is 4.84. The molecule has 4 nitrogen and oxygen atoms in total. The van der Waals surface area contributed by atoms with Crippen LogP contribution in [-0.2, 0) is 23.5 Å². The van der Waals surface area contributed by atoms with E-state index in [4.69, 9.17) is 0 Å². The molecule has 1 aromatic heterocycles. The molecule has 0 fully saturated rings. The van der Waals surface area contributed by atoms with Crippen LogP contribution in [0.2, 0.25) is 0 Å². The Balaban J connectivity index is 2.04. The summed E-state index contributed by atoms with van der Waals surface area (Å²) in [5, 5.41) is 0. The number of nitrogens with zero attached hydrogens (tertiary/aromatic N) is 1. The van der Waals surface area contributed by atoms with Crippen molar-refractivity contribution in [3.8, 4) is 0 Å². The summed E-state index contributed by atoms with van der Waals surface area (Å²) in [6, 6.07) is 7.35. The third-order valence-electron chi connectivity index (χ3n) is 3.22. The van der Waals surface area contributed by atoms with Crippen LogP contribution in [0.3, 0.4) is 0 Å². The monoisotopic (exact) mass is 292 g/mol. The highest BCUT2D eigenvalue weighted by atomic mass is 32.2. The van der Waals surface area contributed by atoms with Crippen molar-refractivity contribution in [2.75, 3.05) is 6.54 Å². The Morgan fingerprint density at radius 1 is 1.20 bits per heavy atom. The molecule has 5 heteroatoms. The molecule has 2 aromatic rings. The number of hydrogen-bond donors (Lipinski definition) is 1. The second kappa shape index (κ2) is 5.81. The highest BCUT2D eigenvalue weighted by Crippen LogP contribution is 2.16. The van der Waals surface area contributed by atoms with E-state index in [1.807, 2.05) is 56.1 Å². The molecule has 1 N–H and O–H groups in total. The number of benzene rings is 1. The van der Waals surface area contributed by atoms with E-state index in [0.29, 0.717) is 17.9 Å². The smallest absolute Gasteiger partial charge is 0.240 e. The van der Waals surface area contributed by atoms with Gasteiger partial charge in [0.15, 0.2) is 0 Å². The maximum Gasteiger partial charge on any atom is 0.240 e. The lowest BCUT2D eigenvalue weighted by molar-refractivity contribution is 0.581. The molecule has 0 aliphatic heterocycles. The fourth-order valence-corrected chi connectivity index (χ4v) is 3.47. The zero-order chi connectivity index (χ0) is 14.8. The van der Waals surface area contributed by atoms with Crippen molar-refractivity contribution < 1.29 is 8.42 Å². The van der Waals surface area contributed by atoms with Gasteiger partial charge in [0.1, 0.15) is 0 Å². The van der Waals surface area contributed by atoms with Crippen molar-refractivity contribution in [3.05, 3.63) is 53.3 Å². The number of aryl methyl sites for hydroxylation is 3. The first kappa shape index (κ1) is 14.8. The minimum absolute atomic E-state index is 0.358. The van der Waals surface area contributed by atoms with Crippen molar-refractivity contribution in [2.45, 2.75) is 25.2 Å². The maximum absolute atomic E-state index is 12.2. The van der Waals surface area contributed by atoms with Gasteiger partial charge >= 0.3 is 0 Å². The minimum atomic E-state index is -3.43. The predicted molar refractivity (Wildman–Crippen MR) is 80.2 cm³/mol. The first-order chi connectivity index (χ1) is 9.38. The molecule has 0 atom stereocenters. The van der Waals surface area contributed by atoms with Crippen LogP contribution in [-0.4, -0.2) is 19.5 Å². The third kappa shape index (κ3) is 3.49. The molecular formula is C15H20N2O2S. The highest BCUT2D eigenvalue weighted by molar-refractivity contribution is 7.89. The Morgan fingerprint density at radius 3 is 2.55 bits per heavy atom. The van der Waals surface area contributed by atoms with E-state index in [-0.39, 0.29) is 0 Å². The molecule has 0 aliphatic rings. The molecule has 0 bridgehead atoms. The normalized spacial score (nSPS) is 11.8. The van der Waals surface area contributed by atoms with E-state index in [0.717, 1.165) is 16.7 Å². The van der Waals surface area contributed by atoms with Crippen LogP contribution in [0.1, 0.15) is 16.7 Å². The van der Waals surface area contributed by atoms with E-state index in [1.54, 1.807) is 6.07 Å². The first-order valence-electron chi connectivity index (χ1n) is 6.56. The lowest BCUT2D eigenvalue weighted by Gasteiger charge is -2.09. The fourth-order valence-electron chi connectivity index (χ4n) is 2.22. The molecule has 0 unspecified atom stereocenters. The molecule has 108 valence electrons. The Bertz CT molecular complexity index is 702. The molecule has 0 saturated carbocycles. The van der Waals surface area contributed by atoms with Gasteiger partial charge < -0.3 is 4.57 Å². The van der Waals surface area contributed by atoms with Crippen molar-refractivity contribution in [2.24, 2.45) is 7.05 Å². The van der Waals surface area contributed by atoms with Gasteiger partial charge in [0.25, 0.3) is 0 Å². The molecule has 0 radical (unpaired) electrons. The van der Waals surface area contributed by atoms with Gasteiger partial charge in [-0.05, 0) is 43.5 Å². The van der Waals surface area contributed by atoms with Crippen LogP contribution in [0, 0.1) is 13.8 Å². The quantitative estimate of drug-likeness (QED) is 0.918. The van der Waals surface area contributed by atoms with E-state index in [1.165, 1.54) is 0 Å². The lowest BCUT2D eigenvalue weighted by Crippen LogP contribution is -2.26. The Labute approximate surface area is 120 Å². The van der Waals surface area contributed by atoms with E-state index < -0.39 is 10.0 Å². The fraction of sp³-hybridized carbons (Fsp3) is 0.333. The van der Waals surface area contributed by atoms with Gasteiger partial charge in [-0.3, -0.25) is 0 Å². The maximum atomic E-state index is 12.2. The summed E-state index contributed by atoms with van der Waals surface area (Å²) in [4.78, 5) is 0.358. The molecule has 2 rings (SSSR count). The van der Waals surface area contributed by atoms with Crippen LogP contribution in [0.5, 0.6) is 0 Å². The van der Waals surface area contributed by atoms with Gasteiger partial charge in [-0.15, -0.1) is 0 Å². The van der Waals surface area contributed by atoms with Crippen molar-refractivity contribution >= 4 is 10.0 Å². The summed E-state index contributed by atoms with van der Waals surface area (Å²) in [5.74, 6) is 0. The largest absolute Gasteiger partial charge is 0.357 e.